The number of carbonyl (C=O) groups is 1. The van der Waals surface area contributed by atoms with Crippen LogP contribution in [-0.4, -0.2) is 66.4 Å². The summed E-state index contributed by atoms with van der Waals surface area (Å²) in [7, 11) is -3.63. The number of benzene rings is 1. The molecule has 2 aliphatic heterocycles. The van der Waals surface area contributed by atoms with Gasteiger partial charge < -0.3 is 9.64 Å². The Kier molecular flexibility index (Phi) is 4.94. The van der Waals surface area contributed by atoms with Gasteiger partial charge in [-0.25, -0.2) is 8.42 Å². The molecule has 2 saturated heterocycles. The number of ether oxygens (including phenoxy) is 1. The standard InChI is InChI=1S/C25H27N3O4S/c29-24-16-32-25(17-28(24)21-6-7-21)10-12-27(13-11-25)33(30,31)22-8-9-23(26-15-22)20-5-4-18-2-1-3-19(18)14-20/h1-2,4-5,8-9,14-15,21H,3,6-7,10-13,16-17H2. The average molecular weight is 466 g/mol. The van der Waals surface area contributed by atoms with E-state index in [0.717, 1.165) is 30.5 Å². The number of nitrogens with zero attached hydrogens (tertiary/aromatic N) is 3. The highest BCUT2D eigenvalue weighted by Gasteiger charge is 2.47. The number of aromatic nitrogens is 1. The van der Waals surface area contributed by atoms with Crippen LogP contribution in [0.4, 0.5) is 0 Å². The van der Waals surface area contributed by atoms with E-state index in [-0.39, 0.29) is 17.4 Å². The second-order valence-corrected chi connectivity index (χ2v) is 11.5. The van der Waals surface area contributed by atoms with Crippen LogP contribution in [0.2, 0.25) is 0 Å². The third kappa shape index (κ3) is 3.80. The minimum atomic E-state index is -3.63. The molecule has 0 unspecified atom stereocenters. The minimum absolute atomic E-state index is 0.0592. The van der Waals surface area contributed by atoms with E-state index in [0.29, 0.717) is 38.5 Å². The molecule has 0 atom stereocenters. The molecule has 0 bridgehead atoms. The molecule has 33 heavy (non-hydrogen) atoms. The molecule has 0 radical (unpaired) electrons. The molecule has 3 fully saturated rings. The van der Waals surface area contributed by atoms with Crippen molar-refractivity contribution < 1.29 is 17.9 Å². The van der Waals surface area contributed by atoms with E-state index in [9.17, 15) is 13.2 Å². The van der Waals surface area contributed by atoms with Crippen molar-refractivity contribution in [2.24, 2.45) is 0 Å². The second-order valence-electron chi connectivity index (χ2n) is 9.53. The van der Waals surface area contributed by atoms with E-state index in [1.54, 1.807) is 12.1 Å². The molecule has 1 aromatic heterocycles. The van der Waals surface area contributed by atoms with Crippen LogP contribution in [-0.2, 0) is 26.0 Å². The van der Waals surface area contributed by atoms with Crippen molar-refractivity contribution in [1.29, 1.82) is 0 Å². The minimum Gasteiger partial charge on any atom is -0.363 e. The SMILES string of the molecule is O=C1COC2(CCN(S(=O)(=O)c3ccc(-c4ccc5c(c4)CC=C5)nc3)CC2)CN1C1CC1. The van der Waals surface area contributed by atoms with Crippen LogP contribution in [0.3, 0.4) is 0 Å². The van der Waals surface area contributed by atoms with E-state index in [2.05, 4.69) is 29.3 Å². The Labute approximate surface area is 194 Å². The smallest absolute Gasteiger partial charge is 0.248 e. The number of rotatable bonds is 4. The predicted octanol–water partition coefficient (Wildman–Crippen LogP) is 2.86. The Morgan fingerprint density at radius 3 is 2.64 bits per heavy atom. The monoisotopic (exact) mass is 465 g/mol. The van der Waals surface area contributed by atoms with Crippen LogP contribution in [0.25, 0.3) is 17.3 Å². The number of allylic oxidation sites excluding steroid dienone is 1. The lowest BCUT2D eigenvalue weighted by Gasteiger charge is -2.46. The lowest BCUT2D eigenvalue weighted by atomic mass is 9.90. The lowest BCUT2D eigenvalue weighted by molar-refractivity contribution is -0.170. The van der Waals surface area contributed by atoms with Gasteiger partial charge in [-0.15, -0.1) is 0 Å². The highest BCUT2D eigenvalue weighted by Crippen LogP contribution is 2.37. The molecule has 172 valence electrons. The summed E-state index contributed by atoms with van der Waals surface area (Å²) in [5.41, 5.74) is 3.83. The van der Waals surface area contributed by atoms with Crippen molar-refractivity contribution in [3.8, 4) is 11.3 Å². The van der Waals surface area contributed by atoms with Gasteiger partial charge in [0.15, 0.2) is 0 Å². The van der Waals surface area contributed by atoms with Crippen molar-refractivity contribution in [1.82, 2.24) is 14.2 Å². The van der Waals surface area contributed by atoms with E-state index in [4.69, 9.17) is 4.74 Å². The zero-order chi connectivity index (χ0) is 22.6. The summed E-state index contributed by atoms with van der Waals surface area (Å²) in [6, 6.07) is 10.0. The van der Waals surface area contributed by atoms with Crippen LogP contribution < -0.4 is 0 Å². The number of pyridine rings is 1. The van der Waals surface area contributed by atoms with Gasteiger partial charge in [-0.1, -0.05) is 24.3 Å². The van der Waals surface area contributed by atoms with Gasteiger partial charge in [-0.3, -0.25) is 9.78 Å². The maximum atomic E-state index is 13.3. The molecule has 1 saturated carbocycles. The first kappa shape index (κ1) is 21.0. The van der Waals surface area contributed by atoms with Gasteiger partial charge in [0.2, 0.25) is 15.9 Å². The van der Waals surface area contributed by atoms with Crippen molar-refractivity contribution in [3.05, 3.63) is 53.7 Å². The maximum absolute atomic E-state index is 13.3. The third-order valence-electron chi connectivity index (χ3n) is 7.35. The fourth-order valence-electron chi connectivity index (χ4n) is 5.17. The zero-order valence-corrected chi connectivity index (χ0v) is 19.3. The number of carbonyl (C=O) groups excluding carboxylic acids is 1. The molecule has 0 N–H and O–H groups in total. The lowest BCUT2D eigenvalue weighted by Crippen LogP contribution is -2.59. The normalized spacial score (nSPS) is 22.7. The summed E-state index contributed by atoms with van der Waals surface area (Å²) < 4.78 is 34.0. The molecule has 1 spiro atoms. The molecule has 2 aromatic rings. The van der Waals surface area contributed by atoms with Crippen molar-refractivity contribution in [2.75, 3.05) is 26.2 Å². The van der Waals surface area contributed by atoms with Gasteiger partial charge in [0.05, 0.1) is 17.8 Å². The Bertz CT molecular complexity index is 1230. The Balaban J connectivity index is 1.15. The van der Waals surface area contributed by atoms with Gasteiger partial charge in [-0.2, -0.15) is 4.31 Å². The molecular formula is C25H27N3O4S. The molecule has 3 heterocycles. The van der Waals surface area contributed by atoms with Gasteiger partial charge in [0.25, 0.3) is 0 Å². The average Bonchev–Trinajstić information content (AvgIpc) is 3.57. The third-order valence-corrected chi connectivity index (χ3v) is 9.23. The molecule has 1 amide bonds. The van der Waals surface area contributed by atoms with E-state index in [1.165, 1.54) is 21.6 Å². The van der Waals surface area contributed by atoms with Gasteiger partial charge in [0.1, 0.15) is 11.5 Å². The van der Waals surface area contributed by atoms with Crippen molar-refractivity contribution in [2.45, 2.75) is 48.6 Å². The molecule has 8 heteroatoms. The first-order chi connectivity index (χ1) is 15.9. The Hall–Kier alpha value is -2.55. The summed E-state index contributed by atoms with van der Waals surface area (Å²) in [5.74, 6) is 0.0592. The molecule has 6 rings (SSSR count). The number of sulfonamides is 1. The number of fused-ring (bicyclic) bond motifs is 1. The summed E-state index contributed by atoms with van der Waals surface area (Å²) in [6.07, 6.45) is 9.95. The summed E-state index contributed by atoms with van der Waals surface area (Å²) in [6.45, 7) is 1.45. The second kappa shape index (κ2) is 7.75. The Morgan fingerprint density at radius 2 is 1.91 bits per heavy atom. The molecule has 1 aromatic carbocycles. The van der Waals surface area contributed by atoms with Crippen molar-refractivity contribution in [3.63, 3.8) is 0 Å². The zero-order valence-electron chi connectivity index (χ0n) is 18.4. The predicted molar refractivity (Wildman–Crippen MR) is 124 cm³/mol. The van der Waals surface area contributed by atoms with Crippen LogP contribution >= 0.6 is 0 Å². The largest absolute Gasteiger partial charge is 0.363 e. The number of amides is 1. The summed E-state index contributed by atoms with van der Waals surface area (Å²) >= 11 is 0. The fourth-order valence-corrected chi connectivity index (χ4v) is 6.55. The van der Waals surface area contributed by atoms with E-state index < -0.39 is 15.6 Å². The van der Waals surface area contributed by atoms with Crippen LogP contribution in [0.5, 0.6) is 0 Å². The number of hydrogen-bond acceptors (Lipinski definition) is 5. The summed E-state index contributed by atoms with van der Waals surface area (Å²) in [4.78, 5) is 18.8. The van der Waals surface area contributed by atoms with E-state index in [1.807, 2.05) is 11.0 Å². The first-order valence-corrected chi connectivity index (χ1v) is 13.1. The topological polar surface area (TPSA) is 79.8 Å². The number of hydrogen-bond donors (Lipinski definition) is 0. The molecule has 2 aliphatic carbocycles. The Morgan fingerprint density at radius 1 is 1.09 bits per heavy atom. The highest BCUT2D eigenvalue weighted by molar-refractivity contribution is 7.89. The van der Waals surface area contributed by atoms with Crippen molar-refractivity contribution >= 4 is 22.0 Å². The molecule has 7 nitrogen and oxygen atoms in total. The van der Waals surface area contributed by atoms with Crippen LogP contribution in [0, 0.1) is 0 Å². The van der Waals surface area contributed by atoms with Gasteiger partial charge in [-0.05, 0) is 61.4 Å². The van der Waals surface area contributed by atoms with Gasteiger partial charge in [0, 0.05) is 30.9 Å². The molecule has 4 aliphatic rings. The van der Waals surface area contributed by atoms with Crippen LogP contribution in [0.1, 0.15) is 36.8 Å². The van der Waals surface area contributed by atoms with Gasteiger partial charge >= 0.3 is 0 Å². The first-order valence-electron chi connectivity index (χ1n) is 11.6. The molecular weight excluding hydrogens is 438 g/mol. The summed E-state index contributed by atoms with van der Waals surface area (Å²) in [5, 5.41) is 0. The maximum Gasteiger partial charge on any atom is 0.248 e. The van der Waals surface area contributed by atoms with Crippen LogP contribution in [0.15, 0.2) is 47.5 Å². The number of piperidine rings is 1. The van der Waals surface area contributed by atoms with E-state index >= 15 is 0 Å². The highest BCUT2D eigenvalue weighted by atomic mass is 32.2. The number of morpholine rings is 1. The fraction of sp³-hybridized carbons (Fsp3) is 0.440. The quantitative estimate of drug-likeness (QED) is 0.694.